The first-order valence-corrected chi connectivity index (χ1v) is 12.8. The largest absolute Gasteiger partial charge is 0.465 e. The SMILES string of the molecule is CCOC(=O)CSc1nc2sc3c(c2c(=O)n1C1CCCCC1)C[C@H](C(C)C)OC3. The number of esters is 1. The average Bonchev–Trinajstić information content (AvgIpc) is 3.11. The molecular weight excluding hydrogens is 420 g/mol. The zero-order chi connectivity index (χ0) is 21.3. The molecule has 1 atom stereocenters. The second-order valence-corrected chi connectivity index (χ2v) is 10.5. The van der Waals surface area contributed by atoms with E-state index in [1.165, 1.54) is 18.2 Å². The molecule has 3 heterocycles. The Labute approximate surface area is 185 Å². The average molecular weight is 451 g/mol. The van der Waals surface area contributed by atoms with Gasteiger partial charge in [0.25, 0.3) is 5.56 Å². The predicted octanol–water partition coefficient (Wildman–Crippen LogP) is 4.72. The van der Waals surface area contributed by atoms with Gasteiger partial charge < -0.3 is 9.47 Å². The molecule has 0 amide bonds. The highest BCUT2D eigenvalue weighted by Gasteiger charge is 2.30. The number of ether oxygens (including phenoxy) is 2. The van der Waals surface area contributed by atoms with Crippen LogP contribution in [0.25, 0.3) is 10.2 Å². The molecule has 0 N–H and O–H groups in total. The van der Waals surface area contributed by atoms with E-state index < -0.39 is 0 Å². The van der Waals surface area contributed by atoms with Crippen LogP contribution in [-0.2, 0) is 27.3 Å². The smallest absolute Gasteiger partial charge is 0.316 e. The summed E-state index contributed by atoms with van der Waals surface area (Å²) in [4.78, 5) is 32.5. The molecule has 1 aliphatic heterocycles. The van der Waals surface area contributed by atoms with E-state index in [2.05, 4.69) is 13.8 Å². The predicted molar refractivity (Wildman–Crippen MR) is 120 cm³/mol. The molecule has 0 aromatic carbocycles. The molecule has 8 heteroatoms. The number of aromatic nitrogens is 2. The third kappa shape index (κ3) is 4.32. The van der Waals surface area contributed by atoms with E-state index in [1.807, 2.05) is 4.57 Å². The molecule has 2 aromatic heterocycles. The van der Waals surface area contributed by atoms with Crippen LogP contribution in [0.3, 0.4) is 0 Å². The van der Waals surface area contributed by atoms with Crippen molar-refractivity contribution >= 4 is 39.3 Å². The van der Waals surface area contributed by atoms with Crippen molar-refractivity contribution in [2.45, 2.75) is 83.2 Å². The van der Waals surface area contributed by atoms with Crippen LogP contribution in [0.5, 0.6) is 0 Å². The molecule has 0 unspecified atom stereocenters. The van der Waals surface area contributed by atoms with E-state index in [1.54, 1.807) is 18.3 Å². The standard InChI is InChI=1S/C22H30N2O4S2/c1-4-27-18(25)12-29-22-23-20-19(21(26)24(22)14-8-6-5-7-9-14)15-10-16(13(2)3)28-11-17(15)30-20/h13-14,16H,4-12H2,1-3H3/t16-/m1/s1. The number of thioether (sulfide) groups is 1. The summed E-state index contributed by atoms with van der Waals surface area (Å²) in [7, 11) is 0. The summed E-state index contributed by atoms with van der Waals surface area (Å²) < 4.78 is 13.0. The lowest BCUT2D eigenvalue weighted by Gasteiger charge is -2.27. The Balaban J connectivity index is 1.78. The van der Waals surface area contributed by atoms with Crippen molar-refractivity contribution in [2.75, 3.05) is 12.4 Å². The van der Waals surface area contributed by atoms with Crippen molar-refractivity contribution < 1.29 is 14.3 Å². The van der Waals surface area contributed by atoms with Gasteiger partial charge in [0.15, 0.2) is 5.16 Å². The molecule has 1 aliphatic carbocycles. The van der Waals surface area contributed by atoms with Crippen LogP contribution in [0, 0.1) is 5.92 Å². The zero-order valence-electron chi connectivity index (χ0n) is 17.9. The van der Waals surface area contributed by atoms with Crippen molar-refractivity contribution in [1.29, 1.82) is 0 Å². The van der Waals surface area contributed by atoms with Gasteiger partial charge in [0, 0.05) is 17.3 Å². The van der Waals surface area contributed by atoms with Crippen LogP contribution in [0.1, 0.15) is 69.4 Å². The highest BCUT2D eigenvalue weighted by Crippen LogP contribution is 2.37. The maximum atomic E-state index is 13.8. The normalized spacial score (nSPS) is 19.9. The third-order valence-electron chi connectivity index (χ3n) is 6.05. The van der Waals surface area contributed by atoms with Gasteiger partial charge in [-0.25, -0.2) is 4.98 Å². The molecule has 0 bridgehead atoms. The van der Waals surface area contributed by atoms with E-state index in [0.717, 1.165) is 52.8 Å². The van der Waals surface area contributed by atoms with E-state index in [9.17, 15) is 9.59 Å². The minimum absolute atomic E-state index is 0.0557. The van der Waals surface area contributed by atoms with Gasteiger partial charge in [0.1, 0.15) is 4.83 Å². The fraction of sp³-hybridized carbons (Fsp3) is 0.682. The van der Waals surface area contributed by atoms with Gasteiger partial charge in [-0.1, -0.05) is 44.9 Å². The van der Waals surface area contributed by atoms with Crippen LogP contribution in [0.15, 0.2) is 9.95 Å². The maximum absolute atomic E-state index is 13.8. The number of carbonyl (C=O) groups excluding carboxylic acids is 1. The first kappa shape index (κ1) is 21.8. The Kier molecular flexibility index (Phi) is 6.85. The number of carbonyl (C=O) groups is 1. The highest BCUT2D eigenvalue weighted by molar-refractivity contribution is 7.99. The van der Waals surface area contributed by atoms with Crippen molar-refractivity contribution in [3.8, 4) is 0 Å². The summed E-state index contributed by atoms with van der Waals surface area (Å²) in [5.74, 6) is 0.300. The summed E-state index contributed by atoms with van der Waals surface area (Å²) in [6.45, 7) is 7.02. The molecule has 30 heavy (non-hydrogen) atoms. The Hall–Kier alpha value is -1.38. The number of rotatable bonds is 6. The quantitative estimate of drug-likeness (QED) is 0.360. The molecule has 0 radical (unpaired) electrons. The molecule has 2 aliphatic rings. The Morgan fingerprint density at radius 2 is 2.10 bits per heavy atom. The minimum atomic E-state index is -0.273. The second-order valence-electron chi connectivity index (χ2n) is 8.44. The van der Waals surface area contributed by atoms with E-state index >= 15 is 0 Å². The summed E-state index contributed by atoms with van der Waals surface area (Å²) in [6, 6.07) is 0.157. The van der Waals surface area contributed by atoms with Crippen LogP contribution >= 0.6 is 23.1 Å². The van der Waals surface area contributed by atoms with Crippen molar-refractivity contribution in [2.24, 2.45) is 5.92 Å². The van der Waals surface area contributed by atoms with Crippen LogP contribution in [0.4, 0.5) is 0 Å². The molecular formula is C22H30N2O4S2. The fourth-order valence-corrected chi connectivity index (χ4v) is 6.47. The van der Waals surface area contributed by atoms with Crippen LogP contribution in [-0.4, -0.2) is 34.0 Å². The Morgan fingerprint density at radius 3 is 2.80 bits per heavy atom. The van der Waals surface area contributed by atoms with Gasteiger partial charge >= 0.3 is 5.97 Å². The summed E-state index contributed by atoms with van der Waals surface area (Å²) in [5.41, 5.74) is 1.18. The number of nitrogens with zero attached hydrogens (tertiary/aromatic N) is 2. The summed E-state index contributed by atoms with van der Waals surface area (Å²) >= 11 is 2.88. The molecule has 1 saturated carbocycles. The lowest BCUT2D eigenvalue weighted by Crippen LogP contribution is -2.31. The number of hydrogen-bond donors (Lipinski definition) is 0. The molecule has 1 fully saturated rings. The summed E-state index contributed by atoms with van der Waals surface area (Å²) in [6.07, 6.45) is 6.35. The highest BCUT2D eigenvalue weighted by atomic mass is 32.2. The summed E-state index contributed by atoms with van der Waals surface area (Å²) in [5, 5.41) is 1.42. The van der Waals surface area contributed by atoms with Crippen molar-refractivity contribution in [3.63, 3.8) is 0 Å². The van der Waals surface area contributed by atoms with Crippen molar-refractivity contribution in [3.05, 3.63) is 20.8 Å². The zero-order valence-corrected chi connectivity index (χ0v) is 19.6. The van der Waals surface area contributed by atoms with Gasteiger partial charge in [-0.3, -0.25) is 14.2 Å². The maximum Gasteiger partial charge on any atom is 0.316 e. The van der Waals surface area contributed by atoms with E-state index in [0.29, 0.717) is 24.3 Å². The lowest BCUT2D eigenvalue weighted by atomic mass is 9.94. The van der Waals surface area contributed by atoms with E-state index in [-0.39, 0.29) is 29.4 Å². The van der Waals surface area contributed by atoms with Gasteiger partial charge in [-0.2, -0.15) is 0 Å². The first-order valence-electron chi connectivity index (χ1n) is 11.0. The first-order chi connectivity index (χ1) is 14.5. The molecule has 4 rings (SSSR count). The lowest BCUT2D eigenvalue weighted by molar-refractivity contribution is -0.139. The Bertz CT molecular complexity index is 976. The van der Waals surface area contributed by atoms with Gasteiger partial charge in [0.2, 0.25) is 0 Å². The Morgan fingerprint density at radius 1 is 1.33 bits per heavy atom. The minimum Gasteiger partial charge on any atom is -0.465 e. The molecule has 6 nitrogen and oxygen atoms in total. The van der Waals surface area contributed by atoms with Crippen LogP contribution < -0.4 is 5.56 Å². The number of hydrogen-bond acceptors (Lipinski definition) is 7. The number of fused-ring (bicyclic) bond motifs is 3. The molecule has 0 spiro atoms. The third-order valence-corrected chi connectivity index (χ3v) is 8.08. The van der Waals surface area contributed by atoms with Gasteiger partial charge in [-0.05, 0) is 31.2 Å². The number of thiophene rings is 1. The van der Waals surface area contributed by atoms with Gasteiger partial charge in [-0.15, -0.1) is 11.3 Å². The van der Waals surface area contributed by atoms with E-state index in [4.69, 9.17) is 14.5 Å². The second kappa shape index (κ2) is 9.40. The topological polar surface area (TPSA) is 70.4 Å². The fourth-order valence-electron chi connectivity index (χ4n) is 4.44. The molecule has 164 valence electrons. The monoisotopic (exact) mass is 450 g/mol. The molecule has 0 saturated heterocycles. The molecule has 2 aromatic rings. The van der Waals surface area contributed by atoms with Crippen molar-refractivity contribution in [1.82, 2.24) is 9.55 Å². The van der Waals surface area contributed by atoms with Crippen LogP contribution in [0.2, 0.25) is 0 Å². The van der Waals surface area contributed by atoms with Gasteiger partial charge in [0.05, 0.1) is 30.5 Å².